The molecule has 16 heavy (non-hydrogen) atoms. The van der Waals surface area contributed by atoms with Crippen molar-refractivity contribution in [2.45, 2.75) is 20.4 Å². The van der Waals surface area contributed by atoms with E-state index < -0.39 is 0 Å². The lowest BCUT2D eigenvalue weighted by atomic mass is 10.2. The average molecular weight is 222 g/mol. The highest BCUT2D eigenvalue weighted by Crippen LogP contribution is 2.11. The fourth-order valence-electron chi connectivity index (χ4n) is 2.01. The van der Waals surface area contributed by atoms with Crippen molar-refractivity contribution < 1.29 is 4.79 Å². The summed E-state index contributed by atoms with van der Waals surface area (Å²) in [6.07, 6.45) is 1.68. The Labute approximate surface area is 95.4 Å². The van der Waals surface area contributed by atoms with E-state index in [0.717, 1.165) is 44.0 Å². The van der Waals surface area contributed by atoms with Crippen molar-refractivity contribution in [2.24, 2.45) is 0 Å². The standard InChI is InChI=1S/C11H18N4O/c1-3-15-9(2)10(8-13-15)11(16)14-6-4-12-5-7-14/h8,12H,3-7H2,1-2H3. The molecule has 0 bridgehead atoms. The van der Waals surface area contributed by atoms with Crippen LogP contribution in [0.4, 0.5) is 0 Å². The van der Waals surface area contributed by atoms with Crippen molar-refractivity contribution in [1.29, 1.82) is 0 Å². The van der Waals surface area contributed by atoms with Crippen molar-refractivity contribution >= 4 is 5.91 Å². The zero-order chi connectivity index (χ0) is 11.5. The van der Waals surface area contributed by atoms with E-state index in [2.05, 4.69) is 10.4 Å². The summed E-state index contributed by atoms with van der Waals surface area (Å²) in [6, 6.07) is 0. The Morgan fingerprint density at radius 2 is 2.19 bits per heavy atom. The molecule has 5 nitrogen and oxygen atoms in total. The SMILES string of the molecule is CCn1ncc(C(=O)N2CCNCC2)c1C. The maximum Gasteiger partial charge on any atom is 0.257 e. The van der Waals surface area contributed by atoms with Gasteiger partial charge in [0.05, 0.1) is 11.8 Å². The lowest BCUT2D eigenvalue weighted by Gasteiger charge is -2.27. The minimum absolute atomic E-state index is 0.110. The van der Waals surface area contributed by atoms with E-state index in [-0.39, 0.29) is 5.91 Å². The highest BCUT2D eigenvalue weighted by atomic mass is 16.2. The molecule has 88 valence electrons. The molecule has 1 amide bonds. The fourth-order valence-corrected chi connectivity index (χ4v) is 2.01. The lowest BCUT2D eigenvalue weighted by Crippen LogP contribution is -2.46. The van der Waals surface area contributed by atoms with Gasteiger partial charge >= 0.3 is 0 Å². The summed E-state index contributed by atoms with van der Waals surface area (Å²) in [6.45, 7) is 8.12. The van der Waals surface area contributed by atoms with Crippen LogP contribution in [0.3, 0.4) is 0 Å². The van der Waals surface area contributed by atoms with E-state index >= 15 is 0 Å². The molecule has 1 aromatic rings. The number of aryl methyl sites for hydroxylation is 1. The predicted octanol–water partition coefficient (Wildman–Crippen LogP) is 0.257. The third-order valence-electron chi connectivity index (χ3n) is 3.04. The summed E-state index contributed by atoms with van der Waals surface area (Å²) in [4.78, 5) is 14.1. The van der Waals surface area contributed by atoms with Gasteiger partial charge in [-0.3, -0.25) is 9.48 Å². The molecule has 0 spiro atoms. The van der Waals surface area contributed by atoms with Crippen LogP contribution < -0.4 is 5.32 Å². The second-order valence-corrected chi connectivity index (χ2v) is 4.00. The third kappa shape index (κ3) is 1.95. The number of hydrogen-bond donors (Lipinski definition) is 1. The molecule has 1 aromatic heterocycles. The topological polar surface area (TPSA) is 50.2 Å². The summed E-state index contributed by atoms with van der Waals surface area (Å²) in [5, 5.41) is 7.44. The van der Waals surface area contributed by atoms with E-state index in [0.29, 0.717) is 0 Å². The Morgan fingerprint density at radius 3 is 2.75 bits per heavy atom. The largest absolute Gasteiger partial charge is 0.336 e. The van der Waals surface area contributed by atoms with Crippen LogP contribution in [0.25, 0.3) is 0 Å². The maximum absolute atomic E-state index is 12.2. The number of amides is 1. The number of hydrogen-bond acceptors (Lipinski definition) is 3. The lowest BCUT2D eigenvalue weighted by molar-refractivity contribution is 0.0735. The Hall–Kier alpha value is -1.36. The van der Waals surface area contributed by atoms with Gasteiger partial charge in [-0.25, -0.2) is 0 Å². The Balaban J connectivity index is 2.16. The van der Waals surface area contributed by atoms with Gasteiger partial charge in [0.1, 0.15) is 0 Å². The normalized spacial score (nSPS) is 16.5. The molecule has 0 atom stereocenters. The molecule has 5 heteroatoms. The number of nitrogens with one attached hydrogen (secondary N) is 1. The quantitative estimate of drug-likeness (QED) is 0.780. The van der Waals surface area contributed by atoms with Crippen molar-refractivity contribution in [1.82, 2.24) is 20.0 Å². The minimum Gasteiger partial charge on any atom is -0.336 e. The Bertz CT molecular complexity index is 379. The number of carbonyl (C=O) groups is 1. The molecule has 1 N–H and O–H groups in total. The van der Waals surface area contributed by atoms with Gasteiger partial charge in [0, 0.05) is 38.4 Å². The number of nitrogens with zero attached hydrogens (tertiary/aromatic N) is 3. The van der Waals surface area contributed by atoms with Crippen LogP contribution in [0.5, 0.6) is 0 Å². The molecule has 0 aliphatic carbocycles. The van der Waals surface area contributed by atoms with Gasteiger partial charge in [-0.15, -0.1) is 0 Å². The maximum atomic E-state index is 12.2. The van der Waals surface area contributed by atoms with Gasteiger partial charge in [-0.05, 0) is 13.8 Å². The Morgan fingerprint density at radius 1 is 1.50 bits per heavy atom. The first-order chi connectivity index (χ1) is 7.74. The molecule has 0 unspecified atom stereocenters. The van der Waals surface area contributed by atoms with Crippen LogP contribution >= 0.6 is 0 Å². The molecule has 0 saturated carbocycles. The molecule has 2 heterocycles. The first kappa shape index (κ1) is 11.1. The molecule has 0 radical (unpaired) electrons. The molecule has 1 aliphatic rings. The van der Waals surface area contributed by atoms with Crippen LogP contribution in [0, 0.1) is 6.92 Å². The van der Waals surface area contributed by atoms with Crippen LogP contribution in [-0.4, -0.2) is 46.8 Å². The summed E-state index contributed by atoms with van der Waals surface area (Å²) in [5.41, 5.74) is 1.70. The Kier molecular flexibility index (Phi) is 3.24. The van der Waals surface area contributed by atoms with Gasteiger partial charge in [0.15, 0.2) is 0 Å². The zero-order valence-electron chi connectivity index (χ0n) is 9.86. The van der Waals surface area contributed by atoms with Gasteiger partial charge in [-0.2, -0.15) is 5.10 Å². The van der Waals surface area contributed by atoms with Gasteiger partial charge in [-0.1, -0.05) is 0 Å². The molecule has 1 aliphatic heterocycles. The summed E-state index contributed by atoms with van der Waals surface area (Å²) < 4.78 is 1.86. The second-order valence-electron chi connectivity index (χ2n) is 4.00. The van der Waals surface area contributed by atoms with Crippen molar-refractivity contribution in [2.75, 3.05) is 26.2 Å². The van der Waals surface area contributed by atoms with Crippen LogP contribution in [0.15, 0.2) is 6.20 Å². The van der Waals surface area contributed by atoms with E-state index in [9.17, 15) is 4.79 Å². The van der Waals surface area contributed by atoms with Crippen LogP contribution in [0.1, 0.15) is 23.0 Å². The highest BCUT2D eigenvalue weighted by molar-refractivity contribution is 5.95. The third-order valence-corrected chi connectivity index (χ3v) is 3.04. The summed E-state index contributed by atoms with van der Waals surface area (Å²) in [5.74, 6) is 0.110. The van der Waals surface area contributed by atoms with Crippen molar-refractivity contribution in [3.05, 3.63) is 17.5 Å². The second kappa shape index (κ2) is 4.65. The van der Waals surface area contributed by atoms with E-state index in [1.165, 1.54) is 0 Å². The van der Waals surface area contributed by atoms with Gasteiger partial charge in [0.25, 0.3) is 5.91 Å². The highest BCUT2D eigenvalue weighted by Gasteiger charge is 2.21. The molecular weight excluding hydrogens is 204 g/mol. The monoisotopic (exact) mass is 222 g/mol. The van der Waals surface area contributed by atoms with E-state index in [1.807, 2.05) is 23.4 Å². The van der Waals surface area contributed by atoms with Gasteiger partial charge in [0.2, 0.25) is 0 Å². The van der Waals surface area contributed by atoms with Crippen LogP contribution in [0.2, 0.25) is 0 Å². The van der Waals surface area contributed by atoms with Gasteiger partial charge < -0.3 is 10.2 Å². The minimum atomic E-state index is 0.110. The van der Waals surface area contributed by atoms with Crippen LogP contribution in [-0.2, 0) is 6.54 Å². The molecular formula is C11H18N4O. The first-order valence-corrected chi connectivity index (χ1v) is 5.76. The van der Waals surface area contributed by atoms with E-state index in [1.54, 1.807) is 6.20 Å². The number of aromatic nitrogens is 2. The molecule has 0 aromatic carbocycles. The number of rotatable bonds is 2. The molecule has 2 rings (SSSR count). The van der Waals surface area contributed by atoms with Crippen molar-refractivity contribution in [3.63, 3.8) is 0 Å². The molecule has 1 fully saturated rings. The van der Waals surface area contributed by atoms with E-state index in [4.69, 9.17) is 0 Å². The van der Waals surface area contributed by atoms with Crippen molar-refractivity contribution in [3.8, 4) is 0 Å². The molecule has 1 saturated heterocycles. The number of piperazine rings is 1. The first-order valence-electron chi connectivity index (χ1n) is 5.76. The smallest absolute Gasteiger partial charge is 0.257 e. The number of carbonyl (C=O) groups excluding carboxylic acids is 1. The fraction of sp³-hybridized carbons (Fsp3) is 0.636. The summed E-state index contributed by atoms with van der Waals surface area (Å²) in [7, 11) is 0. The predicted molar refractivity (Wildman–Crippen MR) is 61.4 cm³/mol. The average Bonchev–Trinajstić information content (AvgIpc) is 2.70. The zero-order valence-corrected chi connectivity index (χ0v) is 9.86. The summed E-state index contributed by atoms with van der Waals surface area (Å²) >= 11 is 0.